The summed E-state index contributed by atoms with van der Waals surface area (Å²) in [7, 11) is 0. The van der Waals surface area contributed by atoms with E-state index in [1.54, 1.807) is 18.5 Å². The molecule has 24 heavy (non-hydrogen) atoms. The zero-order valence-corrected chi connectivity index (χ0v) is 13.0. The van der Waals surface area contributed by atoms with Crippen LogP contribution < -0.4 is 15.5 Å². The van der Waals surface area contributed by atoms with Gasteiger partial charge in [0.05, 0.1) is 4.92 Å². The van der Waals surface area contributed by atoms with E-state index in [4.69, 9.17) is 5.73 Å². The van der Waals surface area contributed by atoms with Gasteiger partial charge >= 0.3 is 0 Å². The molecule has 1 aromatic carbocycles. The van der Waals surface area contributed by atoms with E-state index in [0.29, 0.717) is 18.8 Å². The summed E-state index contributed by atoms with van der Waals surface area (Å²) < 4.78 is 0. The molecular weight excluding hydrogens is 310 g/mol. The molecule has 0 saturated carbocycles. The second kappa shape index (κ2) is 6.53. The van der Waals surface area contributed by atoms with Crippen molar-refractivity contribution in [2.75, 3.05) is 36.0 Å². The highest BCUT2D eigenvalue weighted by molar-refractivity contribution is 5.94. The average Bonchev–Trinajstić information content (AvgIpc) is 2.62. The molecule has 1 aliphatic heterocycles. The lowest BCUT2D eigenvalue weighted by Gasteiger charge is -2.37. The maximum Gasteiger partial charge on any atom is 0.293 e. The third-order valence-electron chi connectivity index (χ3n) is 4.10. The number of primary amides is 1. The van der Waals surface area contributed by atoms with E-state index in [1.165, 1.54) is 12.1 Å². The van der Waals surface area contributed by atoms with Crippen LogP contribution in [0.25, 0.3) is 0 Å². The van der Waals surface area contributed by atoms with Crippen LogP contribution in [-0.4, -0.2) is 42.0 Å². The number of benzene rings is 1. The summed E-state index contributed by atoms with van der Waals surface area (Å²) in [6, 6.07) is 8.26. The fourth-order valence-corrected chi connectivity index (χ4v) is 2.85. The van der Waals surface area contributed by atoms with Gasteiger partial charge in [0.1, 0.15) is 5.69 Å². The van der Waals surface area contributed by atoms with Gasteiger partial charge in [0.15, 0.2) is 0 Å². The van der Waals surface area contributed by atoms with Crippen molar-refractivity contribution in [1.29, 1.82) is 0 Å². The van der Waals surface area contributed by atoms with Gasteiger partial charge in [0.25, 0.3) is 5.69 Å². The number of piperazine rings is 1. The van der Waals surface area contributed by atoms with Crippen molar-refractivity contribution in [3.05, 3.63) is 58.4 Å². The second-order valence-electron chi connectivity index (χ2n) is 5.50. The molecule has 3 rings (SSSR count). The summed E-state index contributed by atoms with van der Waals surface area (Å²) in [5.74, 6) is -0.674. The van der Waals surface area contributed by atoms with Gasteiger partial charge in [-0.25, -0.2) is 0 Å². The number of carbonyl (C=O) groups is 1. The number of hydrogen-bond acceptors (Lipinski definition) is 6. The molecule has 1 aliphatic rings. The number of rotatable bonds is 4. The summed E-state index contributed by atoms with van der Waals surface area (Å²) >= 11 is 0. The summed E-state index contributed by atoms with van der Waals surface area (Å²) in [4.78, 5) is 30.3. The van der Waals surface area contributed by atoms with Crippen LogP contribution in [-0.2, 0) is 0 Å². The Labute approximate surface area is 138 Å². The third-order valence-corrected chi connectivity index (χ3v) is 4.10. The van der Waals surface area contributed by atoms with Crippen molar-refractivity contribution in [3.63, 3.8) is 0 Å². The molecule has 0 bridgehead atoms. The normalized spacial score (nSPS) is 14.5. The molecule has 1 amide bonds. The van der Waals surface area contributed by atoms with E-state index in [2.05, 4.69) is 9.88 Å². The second-order valence-corrected chi connectivity index (χ2v) is 5.50. The van der Waals surface area contributed by atoms with Gasteiger partial charge in [-0.2, -0.15) is 0 Å². The minimum Gasteiger partial charge on any atom is -0.368 e. The van der Waals surface area contributed by atoms with Crippen molar-refractivity contribution in [3.8, 4) is 0 Å². The van der Waals surface area contributed by atoms with Crippen LogP contribution >= 0.6 is 0 Å². The van der Waals surface area contributed by atoms with Crippen LogP contribution in [0.15, 0.2) is 42.7 Å². The van der Waals surface area contributed by atoms with Gasteiger partial charge in [-0.3, -0.25) is 19.9 Å². The molecule has 2 heterocycles. The van der Waals surface area contributed by atoms with Gasteiger partial charge in [-0.15, -0.1) is 0 Å². The van der Waals surface area contributed by atoms with Crippen molar-refractivity contribution in [2.45, 2.75) is 0 Å². The van der Waals surface area contributed by atoms with E-state index in [0.717, 1.165) is 18.8 Å². The molecule has 0 spiro atoms. The lowest BCUT2D eigenvalue weighted by molar-refractivity contribution is -0.384. The number of nitro groups is 1. The van der Waals surface area contributed by atoms with Gasteiger partial charge in [-0.05, 0) is 24.3 Å². The predicted molar refractivity (Wildman–Crippen MR) is 90.3 cm³/mol. The van der Waals surface area contributed by atoms with Crippen molar-refractivity contribution < 1.29 is 9.72 Å². The van der Waals surface area contributed by atoms with Crippen LogP contribution in [0.2, 0.25) is 0 Å². The number of nitrogens with zero attached hydrogens (tertiary/aromatic N) is 4. The Kier molecular flexibility index (Phi) is 4.28. The number of hydrogen-bond donors (Lipinski definition) is 1. The van der Waals surface area contributed by atoms with E-state index in [1.807, 2.05) is 17.0 Å². The third kappa shape index (κ3) is 3.12. The Morgan fingerprint density at radius 3 is 2.29 bits per heavy atom. The van der Waals surface area contributed by atoms with Gasteiger partial charge in [0, 0.05) is 55.9 Å². The fraction of sp³-hybridized carbons (Fsp3) is 0.250. The van der Waals surface area contributed by atoms with Crippen molar-refractivity contribution >= 4 is 23.0 Å². The maximum atomic E-state index is 11.3. The number of amides is 1. The Morgan fingerprint density at radius 2 is 1.71 bits per heavy atom. The zero-order chi connectivity index (χ0) is 17.1. The lowest BCUT2D eigenvalue weighted by atomic mass is 10.1. The van der Waals surface area contributed by atoms with E-state index >= 15 is 0 Å². The van der Waals surface area contributed by atoms with E-state index < -0.39 is 10.8 Å². The molecule has 124 valence electrons. The van der Waals surface area contributed by atoms with Crippen LogP contribution in [0, 0.1) is 10.1 Å². The molecule has 0 unspecified atom stereocenters. The summed E-state index contributed by atoms with van der Waals surface area (Å²) in [6.45, 7) is 2.80. The number of aromatic nitrogens is 1. The molecule has 8 nitrogen and oxygen atoms in total. The number of nitro benzene ring substituents is 1. The Hall–Kier alpha value is -3.16. The van der Waals surface area contributed by atoms with Crippen LogP contribution in [0.5, 0.6) is 0 Å². The molecular formula is C16H17N5O3. The first-order valence-corrected chi connectivity index (χ1v) is 7.54. The minimum absolute atomic E-state index is 0.0938. The van der Waals surface area contributed by atoms with Gasteiger partial charge in [0.2, 0.25) is 5.91 Å². The van der Waals surface area contributed by atoms with Crippen LogP contribution in [0.3, 0.4) is 0 Å². The predicted octanol–water partition coefficient (Wildman–Crippen LogP) is 1.42. The van der Waals surface area contributed by atoms with Crippen molar-refractivity contribution in [1.82, 2.24) is 4.98 Å². The summed E-state index contributed by atoms with van der Waals surface area (Å²) in [5, 5.41) is 11.3. The molecule has 0 atom stereocenters. The molecule has 0 aliphatic carbocycles. The lowest BCUT2D eigenvalue weighted by Crippen LogP contribution is -2.46. The number of pyridine rings is 1. The maximum absolute atomic E-state index is 11.3. The molecule has 2 aromatic rings. The first-order valence-electron chi connectivity index (χ1n) is 7.54. The molecule has 0 radical (unpaired) electrons. The highest BCUT2D eigenvalue weighted by Gasteiger charge is 2.24. The van der Waals surface area contributed by atoms with Gasteiger partial charge in [-0.1, -0.05) is 0 Å². The quantitative estimate of drug-likeness (QED) is 0.672. The Balaban J connectivity index is 1.79. The molecule has 2 N–H and O–H groups in total. The zero-order valence-electron chi connectivity index (χ0n) is 13.0. The molecule has 1 saturated heterocycles. The standard InChI is InChI=1S/C16H17N5O3/c17-16(22)12-1-2-14(15(11-12)21(23)24)20-9-7-19(8-10-20)13-3-5-18-6-4-13/h1-6,11H,7-10H2,(H2,17,22). The number of carbonyl (C=O) groups excluding carboxylic acids is 1. The highest BCUT2D eigenvalue weighted by Crippen LogP contribution is 2.30. The molecule has 8 heteroatoms. The summed E-state index contributed by atoms with van der Waals surface area (Å²) in [6.07, 6.45) is 3.49. The monoisotopic (exact) mass is 327 g/mol. The van der Waals surface area contributed by atoms with E-state index in [9.17, 15) is 14.9 Å². The minimum atomic E-state index is -0.674. The van der Waals surface area contributed by atoms with Crippen LogP contribution in [0.4, 0.5) is 17.1 Å². The number of nitrogens with two attached hydrogens (primary N) is 1. The number of anilines is 2. The van der Waals surface area contributed by atoms with Gasteiger partial charge < -0.3 is 15.5 Å². The van der Waals surface area contributed by atoms with E-state index in [-0.39, 0.29) is 11.3 Å². The van der Waals surface area contributed by atoms with Crippen molar-refractivity contribution in [2.24, 2.45) is 5.73 Å². The smallest absolute Gasteiger partial charge is 0.293 e. The molecule has 1 fully saturated rings. The topological polar surface area (TPSA) is 106 Å². The Bertz CT molecular complexity index is 758. The summed E-state index contributed by atoms with van der Waals surface area (Å²) in [5.41, 5.74) is 6.85. The fourth-order valence-electron chi connectivity index (χ4n) is 2.85. The molecule has 1 aromatic heterocycles. The largest absolute Gasteiger partial charge is 0.368 e. The SMILES string of the molecule is NC(=O)c1ccc(N2CCN(c3ccncc3)CC2)c([N+](=O)[O-])c1. The Morgan fingerprint density at radius 1 is 1.08 bits per heavy atom. The highest BCUT2D eigenvalue weighted by atomic mass is 16.6. The average molecular weight is 327 g/mol. The van der Waals surface area contributed by atoms with Crippen LogP contribution in [0.1, 0.15) is 10.4 Å². The first-order chi connectivity index (χ1) is 11.6. The first kappa shape index (κ1) is 15.7.